The zero-order valence-corrected chi connectivity index (χ0v) is 9.09. The van der Waals surface area contributed by atoms with E-state index in [4.69, 9.17) is 5.73 Å². The molecule has 0 aliphatic heterocycles. The summed E-state index contributed by atoms with van der Waals surface area (Å²) in [7, 11) is 0. The van der Waals surface area contributed by atoms with E-state index in [0.29, 0.717) is 10.4 Å². The molecule has 0 spiro atoms. The highest BCUT2D eigenvalue weighted by Gasteiger charge is 2.32. The molecule has 0 saturated heterocycles. The van der Waals surface area contributed by atoms with Gasteiger partial charge in [-0.3, -0.25) is 0 Å². The van der Waals surface area contributed by atoms with Crippen LogP contribution >= 0.6 is 15.9 Å². The molecule has 1 aliphatic rings. The van der Waals surface area contributed by atoms with Gasteiger partial charge in [0.25, 0.3) is 0 Å². The van der Waals surface area contributed by atoms with Gasteiger partial charge in [-0.1, -0.05) is 15.9 Å². The summed E-state index contributed by atoms with van der Waals surface area (Å²) >= 11 is 3.11. The maximum Gasteiger partial charge on any atom is 0.132 e. The zero-order valence-electron chi connectivity index (χ0n) is 7.50. The molecule has 0 radical (unpaired) electrons. The lowest BCUT2D eigenvalue weighted by Crippen LogP contribution is -2.14. The van der Waals surface area contributed by atoms with Gasteiger partial charge in [0.15, 0.2) is 0 Å². The van der Waals surface area contributed by atoms with Gasteiger partial charge in [0, 0.05) is 16.1 Å². The van der Waals surface area contributed by atoms with Crippen LogP contribution in [0.15, 0.2) is 16.6 Å². The van der Waals surface area contributed by atoms with Gasteiger partial charge in [0.1, 0.15) is 11.6 Å². The first kappa shape index (κ1) is 9.93. The van der Waals surface area contributed by atoms with Crippen molar-refractivity contribution in [3.8, 4) is 5.75 Å². The Morgan fingerprint density at radius 1 is 1.50 bits per heavy atom. The Labute approximate surface area is 90.1 Å². The number of phenolic OH excluding ortho intramolecular Hbond substituents is 1. The van der Waals surface area contributed by atoms with E-state index < -0.39 is 5.82 Å². The van der Waals surface area contributed by atoms with Crippen LogP contribution < -0.4 is 5.73 Å². The maximum atomic E-state index is 13.5. The minimum atomic E-state index is -0.434. The summed E-state index contributed by atoms with van der Waals surface area (Å²) < 4.78 is 14.0. The summed E-state index contributed by atoms with van der Waals surface area (Å²) in [6.45, 7) is 0. The highest BCUT2D eigenvalue weighted by molar-refractivity contribution is 9.10. The van der Waals surface area contributed by atoms with Gasteiger partial charge < -0.3 is 10.8 Å². The summed E-state index contributed by atoms with van der Waals surface area (Å²) in [6.07, 6.45) is 2.05. The van der Waals surface area contributed by atoms with E-state index in [2.05, 4.69) is 15.9 Å². The molecular weight excluding hydrogens is 249 g/mol. The molecule has 1 fully saturated rings. The van der Waals surface area contributed by atoms with Gasteiger partial charge in [-0.2, -0.15) is 0 Å². The SMILES string of the molecule is N[C@@H](c1c(O)cc(Br)cc1F)C1CC1. The second kappa shape index (κ2) is 3.51. The number of nitrogens with two attached hydrogens (primary N) is 1. The van der Waals surface area contributed by atoms with Crippen LogP contribution in [0.25, 0.3) is 0 Å². The molecule has 1 atom stereocenters. The Kier molecular flexibility index (Phi) is 2.49. The second-order valence-electron chi connectivity index (χ2n) is 3.68. The fraction of sp³-hybridized carbons (Fsp3) is 0.400. The number of aromatic hydroxyl groups is 1. The van der Waals surface area contributed by atoms with E-state index in [9.17, 15) is 9.50 Å². The van der Waals surface area contributed by atoms with Crippen molar-refractivity contribution >= 4 is 15.9 Å². The summed E-state index contributed by atoms with van der Waals surface area (Å²) in [4.78, 5) is 0. The van der Waals surface area contributed by atoms with Crippen LogP contribution in [0.5, 0.6) is 5.75 Å². The minimum absolute atomic E-state index is 0.0590. The fourth-order valence-corrected chi connectivity index (χ4v) is 2.01. The molecule has 2 rings (SSSR count). The van der Waals surface area contributed by atoms with E-state index in [1.54, 1.807) is 0 Å². The lowest BCUT2D eigenvalue weighted by atomic mass is 10.0. The minimum Gasteiger partial charge on any atom is -0.507 e. The first-order chi connectivity index (χ1) is 6.59. The molecular formula is C10H11BrFNO. The van der Waals surface area contributed by atoms with Crippen LogP contribution in [0.3, 0.4) is 0 Å². The Bertz CT molecular complexity index is 342. The van der Waals surface area contributed by atoms with E-state index in [1.165, 1.54) is 12.1 Å². The van der Waals surface area contributed by atoms with Crippen LogP contribution in [0.1, 0.15) is 24.4 Å². The Morgan fingerprint density at radius 3 is 2.64 bits per heavy atom. The quantitative estimate of drug-likeness (QED) is 0.858. The molecule has 0 bridgehead atoms. The smallest absolute Gasteiger partial charge is 0.132 e. The molecule has 0 heterocycles. The molecule has 1 aromatic carbocycles. The topological polar surface area (TPSA) is 46.2 Å². The standard InChI is InChI=1S/C10H11BrFNO/c11-6-3-7(12)9(8(14)4-6)10(13)5-1-2-5/h3-5,10,14H,1-2,13H2/t10-/m1/s1. The summed E-state index contributed by atoms with van der Waals surface area (Å²) in [5, 5.41) is 9.57. The Morgan fingerprint density at radius 2 is 2.14 bits per heavy atom. The second-order valence-corrected chi connectivity index (χ2v) is 4.60. The van der Waals surface area contributed by atoms with Crippen LogP contribution in [-0.4, -0.2) is 5.11 Å². The summed E-state index contributed by atoms with van der Waals surface area (Å²) in [6, 6.07) is 2.43. The van der Waals surface area contributed by atoms with Gasteiger partial charge in [-0.25, -0.2) is 4.39 Å². The lowest BCUT2D eigenvalue weighted by molar-refractivity contribution is 0.441. The molecule has 1 aliphatic carbocycles. The van der Waals surface area contributed by atoms with E-state index in [-0.39, 0.29) is 17.4 Å². The first-order valence-corrected chi connectivity index (χ1v) is 5.32. The number of phenols is 1. The van der Waals surface area contributed by atoms with Crippen molar-refractivity contribution in [2.75, 3.05) is 0 Å². The third kappa shape index (κ3) is 1.77. The van der Waals surface area contributed by atoms with E-state index >= 15 is 0 Å². The first-order valence-electron chi connectivity index (χ1n) is 4.53. The normalized spacial score (nSPS) is 18.2. The highest BCUT2D eigenvalue weighted by atomic mass is 79.9. The van der Waals surface area contributed by atoms with Crippen molar-refractivity contribution < 1.29 is 9.50 Å². The van der Waals surface area contributed by atoms with Crippen molar-refractivity contribution in [1.29, 1.82) is 0 Å². The Hall–Kier alpha value is -0.610. The molecule has 0 amide bonds. The van der Waals surface area contributed by atoms with Crippen molar-refractivity contribution in [3.05, 3.63) is 28.0 Å². The van der Waals surface area contributed by atoms with E-state index in [0.717, 1.165) is 12.8 Å². The van der Waals surface area contributed by atoms with Gasteiger partial charge >= 0.3 is 0 Å². The predicted octanol–water partition coefficient (Wildman–Crippen LogP) is 2.70. The number of rotatable bonds is 2. The number of hydrogen-bond donors (Lipinski definition) is 2. The number of halogens is 2. The number of hydrogen-bond acceptors (Lipinski definition) is 2. The lowest BCUT2D eigenvalue weighted by Gasteiger charge is -2.13. The van der Waals surface area contributed by atoms with Crippen LogP contribution in [0.4, 0.5) is 4.39 Å². The largest absolute Gasteiger partial charge is 0.507 e. The molecule has 3 N–H and O–H groups in total. The van der Waals surface area contributed by atoms with Crippen molar-refractivity contribution in [2.24, 2.45) is 11.7 Å². The average molecular weight is 260 g/mol. The monoisotopic (exact) mass is 259 g/mol. The van der Waals surface area contributed by atoms with Gasteiger partial charge in [0.2, 0.25) is 0 Å². The van der Waals surface area contributed by atoms with Crippen molar-refractivity contribution in [2.45, 2.75) is 18.9 Å². The van der Waals surface area contributed by atoms with Gasteiger partial charge in [0.05, 0.1) is 0 Å². The molecule has 14 heavy (non-hydrogen) atoms. The van der Waals surface area contributed by atoms with Crippen LogP contribution in [0, 0.1) is 11.7 Å². The summed E-state index contributed by atoms with van der Waals surface area (Å²) in [5.74, 6) is -0.163. The predicted molar refractivity (Wildman–Crippen MR) is 55.4 cm³/mol. The molecule has 2 nitrogen and oxygen atoms in total. The fourth-order valence-electron chi connectivity index (χ4n) is 1.59. The molecule has 76 valence electrons. The third-order valence-corrected chi connectivity index (χ3v) is 2.99. The highest BCUT2D eigenvalue weighted by Crippen LogP contribution is 2.43. The molecule has 0 aromatic heterocycles. The van der Waals surface area contributed by atoms with E-state index in [1.807, 2.05) is 0 Å². The third-order valence-electron chi connectivity index (χ3n) is 2.54. The van der Waals surface area contributed by atoms with Crippen LogP contribution in [0.2, 0.25) is 0 Å². The average Bonchev–Trinajstić information content (AvgIpc) is 2.83. The Balaban J connectivity index is 2.40. The van der Waals surface area contributed by atoms with Crippen LogP contribution in [-0.2, 0) is 0 Å². The molecule has 4 heteroatoms. The molecule has 1 saturated carbocycles. The molecule has 1 aromatic rings. The maximum absolute atomic E-state index is 13.5. The molecule has 0 unspecified atom stereocenters. The van der Waals surface area contributed by atoms with Crippen molar-refractivity contribution in [1.82, 2.24) is 0 Å². The van der Waals surface area contributed by atoms with Gasteiger partial charge in [-0.05, 0) is 30.9 Å². The zero-order chi connectivity index (χ0) is 10.3. The number of benzene rings is 1. The van der Waals surface area contributed by atoms with Crippen molar-refractivity contribution in [3.63, 3.8) is 0 Å². The summed E-state index contributed by atoms with van der Waals surface area (Å²) in [5.41, 5.74) is 6.08. The van der Waals surface area contributed by atoms with Gasteiger partial charge in [-0.15, -0.1) is 0 Å².